The number of rotatable bonds is 5. The Kier molecular flexibility index (Phi) is 3.81. The van der Waals surface area contributed by atoms with Gasteiger partial charge in [0.1, 0.15) is 0 Å². The molecule has 0 aliphatic rings. The minimum atomic E-state index is -3.48. The van der Waals surface area contributed by atoms with Gasteiger partial charge in [-0.05, 0) is 19.1 Å². The van der Waals surface area contributed by atoms with Gasteiger partial charge in [-0.1, -0.05) is 18.2 Å². The van der Waals surface area contributed by atoms with Gasteiger partial charge in [0.25, 0.3) is 0 Å². The molecule has 0 N–H and O–H groups in total. The molecule has 1 aromatic carbocycles. The van der Waals surface area contributed by atoms with Crippen molar-refractivity contribution in [3.8, 4) is 5.69 Å². The number of benzene rings is 1. The van der Waals surface area contributed by atoms with E-state index in [1.165, 1.54) is 6.20 Å². The molecular formula is C15H16N4O2S. The highest BCUT2D eigenvalue weighted by Gasteiger charge is 2.21. The van der Waals surface area contributed by atoms with Gasteiger partial charge in [-0.3, -0.25) is 0 Å². The van der Waals surface area contributed by atoms with Crippen molar-refractivity contribution < 1.29 is 8.42 Å². The van der Waals surface area contributed by atoms with Crippen LogP contribution in [-0.2, 0) is 22.1 Å². The lowest BCUT2D eigenvalue weighted by Crippen LogP contribution is -2.12. The molecule has 0 spiro atoms. The molecule has 0 saturated heterocycles. The van der Waals surface area contributed by atoms with Crippen LogP contribution in [0.1, 0.15) is 12.5 Å². The second kappa shape index (κ2) is 5.76. The van der Waals surface area contributed by atoms with E-state index >= 15 is 0 Å². The van der Waals surface area contributed by atoms with E-state index in [1.807, 2.05) is 37.3 Å². The quantitative estimate of drug-likeness (QED) is 0.722. The summed E-state index contributed by atoms with van der Waals surface area (Å²) < 4.78 is 28.2. The van der Waals surface area contributed by atoms with Gasteiger partial charge >= 0.3 is 0 Å². The van der Waals surface area contributed by atoms with Crippen molar-refractivity contribution in [3.05, 3.63) is 60.7 Å². The number of para-hydroxylation sites is 1. The van der Waals surface area contributed by atoms with Gasteiger partial charge in [0.05, 0.1) is 17.6 Å². The van der Waals surface area contributed by atoms with Crippen molar-refractivity contribution in [2.45, 2.75) is 24.4 Å². The first-order chi connectivity index (χ1) is 10.6. The zero-order valence-corrected chi connectivity index (χ0v) is 12.9. The SMILES string of the molecule is CCn1ccnc1S(=O)(=O)Cc1cnn(-c2ccccc2)c1. The van der Waals surface area contributed by atoms with Crippen molar-refractivity contribution in [2.75, 3.05) is 0 Å². The molecule has 0 saturated carbocycles. The van der Waals surface area contributed by atoms with E-state index < -0.39 is 9.84 Å². The Bertz CT molecular complexity index is 866. The maximum Gasteiger partial charge on any atom is 0.227 e. The van der Waals surface area contributed by atoms with Crippen molar-refractivity contribution >= 4 is 9.84 Å². The number of sulfone groups is 1. The lowest BCUT2D eigenvalue weighted by molar-refractivity contribution is 0.568. The summed E-state index contributed by atoms with van der Waals surface area (Å²) in [5, 5.41) is 4.32. The molecule has 22 heavy (non-hydrogen) atoms. The Morgan fingerprint density at radius 3 is 2.68 bits per heavy atom. The average molecular weight is 316 g/mol. The second-order valence-corrected chi connectivity index (χ2v) is 6.77. The van der Waals surface area contributed by atoms with Crippen LogP contribution in [0, 0.1) is 0 Å². The van der Waals surface area contributed by atoms with E-state index in [4.69, 9.17) is 0 Å². The molecule has 6 nitrogen and oxygen atoms in total. The molecule has 0 radical (unpaired) electrons. The number of hydrogen-bond donors (Lipinski definition) is 0. The van der Waals surface area contributed by atoms with Gasteiger partial charge in [0, 0.05) is 30.7 Å². The summed E-state index contributed by atoms with van der Waals surface area (Å²) in [5.41, 5.74) is 1.52. The minimum absolute atomic E-state index is 0.0995. The van der Waals surface area contributed by atoms with Gasteiger partial charge in [-0.25, -0.2) is 18.1 Å². The number of aryl methyl sites for hydroxylation is 1. The maximum atomic E-state index is 12.5. The van der Waals surface area contributed by atoms with E-state index in [-0.39, 0.29) is 10.9 Å². The zero-order chi connectivity index (χ0) is 15.6. The molecule has 7 heteroatoms. The summed E-state index contributed by atoms with van der Waals surface area (Å²) in [6.07, 6.45) is 6.47. The van der Waals surface area contributed by atoms with E-state index in [0.29, 0.717) is 12.1 Å². The first kappa shape index (κ1) is 14.5. The smallest absolute Gasteiger partial charge is 0.227 e. The largest absolute Gasteiger partial charge is 0.322 e. The molecule has 0 atom stereocenters. The molecular weight excluding hydrogens is 300 g/mol. The topological polar surface area (TPSA) is 69.8 Å². The summed E-state index contributed by atoms with van der Waals surface area (Å²) >= 11 is 0. The Hall–Kier alpha value is -2.41. The number of hydrogen-bond acceptors (Lipinski definition) is 4. The highest BCUT2D eigenvalue weighted by molar-refractivity contribution is 7.90. The first-order valence-electron chi connectivity index (χ1n) is 6.93. The molecule has 3 aromatic rings. The Morgan fingerprint density at radius 2 is 1.95 bits per heavy atom. The lowest BCUT2D eigenvalue weighted by atomic mass is 10.3. The van der Waals surface area contributed by atoms with E-state index in [0.717, 1.165) is 5.69 Å². The highest BCUT2D eigenvalue weighted by Crippen LogP contribution is 2.16. The van der Waals surface area contributed by atoms with Crippen LogP contribution in [-0.4, -0.2) is 27.7 Å². The van der Waals surface area contributed by atoms with Crippen LogP contribution in [0.15, 0.2) is 60.3 Å². The molecule has 0 fully saturated rings. The van der Waals surface area contributed by atoms with Gasteiger partial charge in [0.15, 0.2) is 0 Å². The monoisotopic (exact) mass is 316 g/mol. The average Bonchev–Trinajstić information content (AvgIpc) is 3.16. The lowest BCUT2D eigenvalue weighted by Gasteiger charge is -2.05. The van der Waals surface area contributed by atoms with Crippen LogP contribution < -0.4 is 0 Å². The fourth-order valence-corrected chi connectivity index (χ4v) is 3.74. The van der Waals surface area contributed by atoms with Gasteiger partial charge in [-0.15, -0.1) is 0 Å². The molecule has 114 valence electrons. The molecule has 3 rings (SSSR count). The summed E-state index contributed by atoms with van der Waals surface area (Å²) in [6, 6.07) is 9.56. The normalized spacial score (nSPS) is 11.7. The predicted molar refractivity (Wildman–Crippen MR) is 82.4 cm³/mol. The Balaban J connectivity index is 1.86. The van der Waals surface area contributed by atoms with Crippen molar-refractivity contribution in [2.24, 2.45) is 0 Å². The van der Waals surface area contributed by atoms with E-state index in [2.05, 4.69) is 10.1 Å². The summed E-state index contributed by atoms with van der Waals surface area (Å²) in [5.74, 6) is -0.114. The molecule has 0 amide bonds. The van der Waals surface area contributed by atoms with Crippen LogP contribution in [0.5, 0.6) is 0 Å². The third-order valence-corrected chi connectivity index (χ3v) is 4.92. The van der Waals surface area contributed by atoms with Crippen LogP contribution in [0.4, 0.5) is 0 Å². The van der Waals surface area contributed by atoms with Crippen LogP contribution in [0.25, 0.3) is 5.69 Å². The fraction of sp³-hybridized carbons (Fsp3) is 0.200. The Morgan fingerprint density at radius 1 is 1.18 bits per heavy atom. The number of imidazole rings is 1. The van der Waals surface area contributed by atoms with Gasteiger partial charge in [-0.2, -0.15) is 5.10 Å². The standard InChI is InChI=1S/C15H16N4O2S/c1-2-18-9-8-16-15(18)22(20,21)12-13-10-17-19(11-13)14-6-4-3-5-7-14/h3-11H,2,12H2,1H3. The molecule has 0 aliphatic carbocycles. The zero-order valence-electron chi connectivity index (χ0n) is 12.1. The van der Waals surface area contributed by atoms with E-state index in [1.54, 1.807) is 27.8 Å². The third-order valence-electron chi connectivity index (χ3n) is 3.31. The van der Waals surface area contributed by atoms with Gasteiger partial charge < -0.3 is 4.57 Å². The van der Waals surface area contributed by atoms with Crippen molar-refractivity contribution in [1.82, 2.24) is 19.3 Å². The van der Waals surface area contributed by atoms with E-state index in [9.17, 15) is 8.42 Å². The van der Waals surface area contributed by atoms with Crippen LogP contribution in [0.2, 0.25) is 0 Å². The Labute approximate surface area is 129 Å². The molecule has 0 bridgehead atoms. The maximum absolute atomic E-state index is 12.5. The summed E-state index contributed by atoms with van der Waals surface area (Å²) in [4.78, 5) is 3.97. The minimum Gasteiger partial charge on any atom is -0.322 e. The highest BCUT2D eigenvalue weighted by atomic mass is 32.2. The third kappa shape index (κ3) is 2.80. The summed E-state index contributed by atoms with van der Waals surface area (Å²) in [7, 11) is -3.48. The molecule has 2 aromatic heterocycles. The number of nitrogens with zero attached hydrogens (tertiary/aromatic N) is 4. The van der Waals surface area contributed by atoms with Gasteiger partial charge in [0.2, 0.25) is 15.0 Å². The molecule has 0 unspecified atom stereocenters. The predicted octanol–water partition coefficient (Wildman–Crippen LogP) is 2.06. The fourth-order valence-electron chi connectivity index (χ4n) is 2.26. The van der Waals surface area contributed by atoms with Crippen molar-refractivity contribution in [1.29, 1.82) is 0 Å². The molecule has 2 heterocycles. The van der Waals surface area contributed by atoms with Crippen LogP contribution in [0.3, 0.4) is 0 Å². The number of aromatic nitrogens is 4. The van der Waals surface area contributed by atoms with Crippen molar-refractivity contribution in [3.63, 3.8) is 0 Å². The first-order valence-corrected chi connectivity index (χ1v) is 8.58. The molecule has 0 aliphatic heterocycles. The second-order valence-electron chi connectivity index (χ2n) is 4.88. The summed E-state index contributed by atoms with van der Waals surface area (Å²) in [6.45, 7) is 2.45. The van der Waals surface area contributed by atoms with Crippen LogP contribution >= 0.6 is 0 Å².